The number of nitrogens with one attached hydrogen (secondary N) is 1. The molecule has 0 heterocycles. The van der Waals surface area contributed by atoms with Gasteiger partial charge in [-0.25, -0.2) is 0 Å². The molecule has 0 atom stereocenters. The molecule has 0 aliphatic carbocycles. The van der Waals surface area contributed by atoms with Crippen LogP contribution in [0.25, 0.3) is 11.1 Å². The van der Waals surface area contributed by atoms with Crippen LogP contribution in [0.3, 0.4) is 0 Å². The monoisotopic (exact) mass is 422 g/mol. The Labute approximate surface area is 127 Å². The van der Waals surface area contributed by atoms with Crippen molar-refractivity contribution in [1.82, 2.24) is 0 Å². The van der Waals surface area contributed by atoms with Gasteiger partial charge in [-0.3, -0.25) is 0 Å². The molecule has 11 heteroatoms. The summed E-state index contributed by atoms with van der Waals surface area (Å²) in [5.41, 5.74) is 6.89. The van der Waals surface area contributed by atoms with E-state index in [2.05, 4.69) is 26.3 Å². The summed E-state index contributed by atoms with van der Waals surface area (Å²) in [5, 5.41) is 4.13. The Hall–Kier alpha value is 1.69. The molecule has 0 rings (SSSR count). The zero-order valence-electron chi connectivity index (χ0n) is 9.28. The number of hydrogen-bond donors (Lipinski definition) is 0. The molecule has 0 bridgehead atoms. The van der Waals surface area contributed by atoms with Crippen molar-refractivity contribution < 1.29 is 28.6 Å². The molecule has 5 nitrogen and oxygen atoms in total. The Morgan fingerprint density at radius 1 is 1.29 bits per heavy atom. The van der Waals surface area contributed by atoms with Crippen LogP contribution in [0.5, 0.6) is 0 Å². The molecular weight excluding hydrogens is 410 g/mol. The SMILES string of the molecule is CO[Si](CCC[N-]CC[NH-])(O[Si])O[Si].[Cl][Pd][Cl]. The van der Waals surface area contributed by atoms with Crippen molar-refractivity contribution in [2.24, 2.45) is 0 Å². The molecule has 0 aromatic rings. The molecule has 0 aromatic heterocycles. The molecule has 0 aliphatic heterocycles. The summed E-state index contributed by atoms with van der Waals surface area (Å²) in [6, 6.07) is 0.679. The van der Waals surface area contributed by atoms with Gasteiger partial charge in [0.2, 0.25) is 21.0 Å². The fraction of sp³-hybridized carbons (Fsp3) is 1.00. The number of halogens is 2. The Morgan fingerprint density at radius 3 is 2.18 bits per heavy atom. The summed E-state index contributed by atoms with van der Waals surface area (Å²) >= 11 is -0.106. The van der Waals surface area contributed by atoms with E-state index in [1.807, 2.05) is 0 Å². The maximum atomic E-state index is 6.89. The van der Waals surface area contributed by atoms with Crippen molar-refractivity contribution in [1.29, 1.82) is 0 Å². The molecule has 0 spiro atoms. The summed E-state index contributed by atoms with van der Waals surface area (Å²) in [4.78, 5) is 0. The van der Waals surface area contributed by atoms with Crippen LogP contribution >= 0.6 is 19.1 Å². The molecule has 0 aromatic carbocycles. The van der Waals surface area contributed by atoms with E-state index in [0.717, 1.165) is 6.42 Å². The van der Waals surface area contributed by atoms with E-state index in [0.29, 0.717) is 25.7 Å². The van der Waals surface area contributed by atoms with Crippen LogP contribution in [0, 0.1) is 0 Å². The maximum absolute atomic E-state index is 6.89. The summed E-state index contributed by atoms with van der Waals surface area (Å²) in [6.07, 6.45) is 0.828. The van der Waals surface area contributed by atoms with E-state index in [4.69, 9.17) is 37.4 Å². The van der Waals surface area contributed by atoms with Gasteiger partial charge in [-0.05, 0) is 0 Å². The van der Waals surface area contributed by atoms with E-state index in [1.54, 1.807) is 7.11 Å². The van der Waals surface area contributed by atoms with Gasteiger partial charge in [0.15, 0.2) is 0 Å². The molecule has 0 aliphatic rings. The van der Waals surface area contributed by atoms with Crippen molar-refractivity contribution >= 4 is 48.8 Å². The third kappa shape index (κ3) is 12.5. The van der Waals surface area contributed by atoms with Crippen LogP contribution in [0.15, 0.2) is 0 Å². The van der Waals surface area contributed by atoms with Crippen LogP contribution in [-0.4, -0.2) is 56.5 Å². The first kappa shape index (κ1) is 21.0. The zero-order chi connectivity index (χ0) is 13.6. The third-order valence-corrected chi connectivity index (χ3v) is 5.77. The van der Waals surface area contributed by atoms with Gasteiger partial charge in [-0.2, -0.15) is 13.1 Å². The molecule has 104 valence electrons. The molecule has 0 saturated carbocycles. The number of nitrogens with zero attached hydrogens (tertiary/aromatic N) is 1. The first-order valence-corrected chi connectivity index (χ1v) is 11.3. The van der Waals surface area contributed by atoms with Crippen molar-refractivity contribution in [3.63, 3.8) is 0 Å². The third-order valence-electron chi connectivity index (χ3n) is 1.69. The minimum atomic E-state index is -2.56. The Balaban J connectivity index is 0. The van der Waals surface area contributed by atoms with Crippen molar-refractivity contribution in [2.75, 3.05) is 26.7 Å². The van der Waals surface area contributed by atoms with E-state index in [9.17, 15) is 0 Å². The van der Waals surface area contributed by atoms with Gasteiger partial charge in [0.25, 0.3) is 0 Å². The van der Waals surface area contributed by atoms with Gasteiger partial charge < -0.3 is 23.7 Å². The van der Waals surface area contributed by atoms with Gasteiger partial charge in [0.05, 0.1) is 0 Å². The topological polar surface area (TPSA) is 65.6 Å². The number of rotatable bonds is 9. The first-order chi connectivity index (χ1) is 8.16. The minimum absolute atomic E-state index is 0.106. The summed E-state index contributed by atoms with van der Waals surface area (Å²) in [7, 11) is 14.5. The Bertz CT molecular complexity index is 154. The molecule has 0 unspecified atom stereocenters. The predicted molar refractivity (Wildman–Crippen MR) is 69.9 cm³/mol. The van der Waals surface area contributed by atoms with E-state index >= 15 is 0 Å². The molecule has 0 fully saturated rings. The van der Waals surface area contributed by atoms with E-state index in [1.165, 1.54) is 0 Å². The van der Waals surface area contributed by atoms with Crippen LogP contribution in [0.1, 0.15) is 6.42 Å². The van der Waals surface area contributed by atoms with Crippen LogP contribution in [-0.2, 0) is 28.6 Å². The molecule has 0 saturated heterocycles. The Kier molecular flexibility index (Phi) is 19.5. The van der Waals surface area contributed by atoms with Crippen molar-refractivity contribution in [3.8, 4) is 0 Å². The standard InChI is InChI=1S/C6H14N2O3Si3.2ClH.Pd/c1-9-14(10-12,11-13)6-2-4-8-5-3-7;;;/h7H,2-6H2,1H3;2*1H;/q-2;;;+2/p-2. The number of hydrogen-bond acceptors (Lipinski definition) is 3. The summed E-state index contributed by atoms with van der Waals surface area (Å²) in [6.45, 7) is 1.64. The molecule has 1 N–H and O–H groups in total. The fourth-order valence-corrected chi connectivity index (χ4v) is 3.73. The molecule has 0 amide bonds. The van der Waals surface area contributed by atoms with Crippen LogP contribution < -0.4 is 0 Å². The second-order valence-electron chi connectivity index (χ2n) is 2.66. The quantitative estimate of drug-likeness (QED) is 0.421. The fourth-order valence-electron chi connectivity index (χ4n) is 0.907. The first-order valence-electron chi connectivity index (χ1n) is 4.51. The average molecular weight is 424 g/mol. The van der Waals surface area contributed by atoms with E-state index < -0.39 is 8.80 Å². The Morgan fingerprint density at radius 2 is 1.82 bits per heavy atom. The van der Waals surface area contributed by atoms with Gasteiger partial charge in [-0.15, -0.1) is 6.54 Å². The van der Waals surface area contributed by atoms with Gasteiger partial charge >= 0.3 is 43.8 Å². The second kappa shape index (κ2) is 15.7. The normalized spacial score (nSPS) is 11.2. The van der Waals surface area contributed by atoms with Crippen LogP contribution in [0.4, 0.5) is 0 Å². The molecular formula is C6H14Cl2N2O3PdSi3-2. The van der Waals surface area contributed by atoms with E-state index in [-0.39, 0.29) is 15.9 Å². The zero-order valence-corrected chi connectivity index (χ0v) is 15.3. The second-order valence-corrected chi connectivity index (χ2v) is 8.93. The van der Waals surface area contributed by atoms with Crippen molar-refractivity contribution in [3.05, 3.63) is 11.1 Å². The predicted octanol–water partition coefficient (Wildman–Crippen LogP) is 1.96. The molecule has 17 heavy (non-hydrogen) atoms. The van der Waals surface area contributed by atoms with Crippen molar-refractivity contribution in [2.45, 2.75) is 12.5 Å². The summed E-state index contributed by atoms with van der Waals surface area (Å²) in [5.74, 6) is 0. The molecule has 6 radical (unpaired) electrons. The van der Waals surface area contributed by atoms with Gasteiger partial charge in [0, 0.05) is 13.2 Å². The summed E-state index contributed by atoms with van der Waals surface area (Å²) < 4.78 is 15.2. The van der Waals surface area contributed by atoms with Gasteiger partial charge in [0.1, 0.15) is 0 Å². The van der Waals surface area contributed by atoms with Gasteiger partial charge in [-0.1, -0.05) is 6.42 Å². The van der Waals surface area contributed by atoms with Crippen LogP contribution in [0.2, 0.25) is 6.04 Å². The average Bonchev–Trinajstić information content (AvgIpc) is 2.36.